The van der Waals surface area contributed by atoms with Gasteiger partial charge in [0.2, 0.25) is 11.9 Å². The number of rotatable bonds is 4. The number of fused-ring (bicyclic) bond motifs is 1. The van der Waals surface area contributed by atoms with Crippen molar-refractivity contribution in [2.24, 2.45) is 5.92 Å². The highest BCUT2D eigenvalue weighted by molar-refractivity contribution is 6.30. The molecule has 1 aromatic heterocycles. The van der Waals surface area contributed by atoms with E-state index in [1.54, 1.807) is 42.1 Å². The van der Waals surface area contributed by atoms with Crippen LogP contribution in [0.15, 0.2) is 67.1 Å². The molecule has 0 fully saturated rings. The van der Waals surface area contributed by atoms with Gasteiger partial charge in [0.25, 0.3) is 0 Å². The molecule has 28 heavy (non-hydrogen) atoms. The minimum absolute atomic E-state index is 0.214. The molecule has 0 aliphatic carbocycles. The third-order valence-corrected chi connectivity index (χ3v) is 4.87. The van der Waals surface area contributed by atoms with E-state index in [0.29, 0.717) is 28.1 Å². The number of nitrogens with zero attached hydrogens (tertiary/aromatic N) is 3. The molecule has 0 spiro atoms. The van der Waals surface area contributed by atoms with E-state index in [9.17, 15) is 4.79 Å². The molecule has 2 N–H and O–H groups in total. The summed E-state index contributed by atoms with van der Waals surface area (Å²) >= 11 is 6.19. The molecule has 8 heteroatoms. The quantitative estimate of drug-likeness (QED) is 0.703. The largest absolute Gasteiger partial charge is 0.497 e. The molecule has 0 saturated heterocycles. The van der Waals surface area contributed by atoms with Crippen LogP contribution in [0.5, 0.6) is 5.75 Å². The summed E-state index contributed by atoms with van der Waals surface area (Å²) in [6.07, 6.45) is 1.44. The Bertz CT molecular complexity index is 1030. The Labute approximate surface area is 167 Å². The number of nitrogens with one attached hydrogen (secondary N) is 2. The topological polar surface area (TPSA) is 81.1 Å². The van der Waals surface area contributed by atoms with Crippen LogP contribution >= 0.6 is 11.6 Å². The summed E-state index contributed by atoms with van der Waals surface area (Å²) in [5, 5.41) is 10.9. The lowest BCUT2D eigenvalue weighted by atomic mass is 9.88. The Morgan fingerprint density at radius 3 is 2.79 bits per heavy atom. The van der Waals surface area contributed by atoms with Crippen molar-refractivity contribution in [1.29, 1.82) is 0 Å². The third kappa shape index (κ3) is 3.32. The van der Waals surface area contributed by atoms with Crippen LogP contribution in [0.2, 0.25) is 5.02 Å². The van der Waals surface area contributed by atoms with Gasteiger partial charge in [0.1, 0.15) is 18.0 Å². The second kappa shape index (κ2) is 7.36. The Morgan fingerprint density at radius 1 is 1.29 bits per heavy atom. The molecule has 0 saturated carbocycles. The summed E-state index contributed by atoms with van der Waals surface area (Å²) in [7, 11) is 1.59. The number of aromatic nitrogens is 3. The molecule has 1 amide bonds. The minimum atomic E-state index is -0.616. The number of methoxy groups -OCH3 is 1. The summed E-state index contributed by atoms with van der Waals surface area (Å²) in [6.45, 7) is 4.06. The molecule has 2 aromatic carbocycles. The lowest BCUT2D eigenvalue weighted by Gasteiger charge is -2.33. The summed E-state index contributed by atoms with van der Waals surface area (Å²) in [4.78, 5) is 17.4. The van der Waals surface area contributed by atoms with E-state index in [0.717, 1.165) is 5.56 Å². The van der Waals surface area contributed by atoms with Crippen molar-refractivity contribution in [1.82, 2.24) is 14.8 Å². The van der Waals surface area contributed by atoms with Crippen LogP contribution in [0.4, 0.5) is 11.6 Å². The van der Waals surface area contributed by atoms with Gasteiger partial charge in [-0.2, -0.15) is 10.1 Å². The number of hydrogen-bond donors (Lipinski definition) is 2. The van der Waals surface area contributed by atoms with Gasteiger partial charge in [0, 0.05) is 16.4 Å². The number of ether oxygens (including phenoxy) is 1. The van der Waals surface area contributed by atoms with Gasteiger partial charge in [-0.25, -0.2) is 4.68 Å². The van der Waals surface area contributed by atoms with E-state index >= 15 is 0 Å². The molecule has 3 aromatic rings. The monoisotopic (exact) mass is 395 g/mol. The molecular formula is C20H18ClN5O2. The maximum absolute atomic E-state index is 13.2. The van der Waals surface area contributed by atoms with Crippen molar-refractivity contribution in [3.63, 3.8) is 0 Å². The zero-order valence-corrected chi connectivity index (χ0v) is 15.8. The number of hydrogen-bond acceptors (Lipinski definition) is 5. The van der Waals surface area contributed by atoms with E-state index < -0.39 is 12.0 Å². The SMILES string of the molecule is C=C1Nc2ncnn2[C@@H](c2cccc(Cl)c2)[C@@H]1C(=O)Nc1ccc(OC)cc1. The van der Waals surface area contributed by atoms with Gasteiger partial charge in [0.05, 0.1) is 13.2 Å². The standard InChI is InChI=1S/C20H18ClN5O2/c1-12-17(19(27)25-15-6-8-16(28-2)9-7-15)18(13-4-3-5-14(21)10-13)26-20(24-12)22-11-23-26/h3-11,17-18H,1H2,2H3,(H,25,27)(H,22,23,24)/t17-,18+/m1/s1. The van der Waals surface area contributed by atoms with Crippen molar-refractivity contribution in [2.75, 3.05) is 17.7 Å². The third-order valence-electron chi connectivity index (χ3n) is 4.63. The van der Waals surface area contributed by atoms with Gasteiger partial charge in [-0.3, -0.25) is 4.79 Å². The van der Waals surface area contributed by atoms with Crippen molar-refractivity contribution >= 4 is 29.1 Å². The molecule has 0 unspecified atom stereocenters. The van der Waals surface area contributed by atoms with Crippen LogP contribution in [-0.4, -0.2) is 27.8 Å². The highest BCUT2D eigenvalue weighted by Crippen LogP contribution is 2.38. The number of halogens is 1. The normalized spacial score (nSPS) is 18.1. The molecule has 0 radical (unpaired) electrons. The molecule has 7 nitrogen and oxygen atoms in total. The molecule has 1 aliphatic rings. The number of amides is 1. The number of benzene rings is 2. The summed E-state index contributed by atoms with van der Waals surface area (Å²) in [5.41, 5.74) is 2.04. The van der Waals surface area contributed by atoms with E-state index in [1.807, 2.05) is 18.2 Å². The Hall–Kier alpha value is -3.32. The molecule has 2 heterocycles. The highest BCUT2D eigenvalue weighted by Gasteiger charge is 2.39. The van der Waals surface area contributed by atoms with Crippen LogP contribution in [0, 0.1) is 5.92 Å². The van der Waals surface area contributed by atoms with Gasteiger partial charge >= 0.3 is 0 Å². The van der Waals surface area contributed by atoms with E-state index in [-0.39, 0.29) is 5.91 Å². The van der Waals surface area contributed by atoms with E-state index in [4.69, 9.17) is 16.3 Å². The second-order valence-electron chi connectivity index (χ2n) is 6.37. The van der Waals surface area contributed by atoms with Crippen LogP contribution < -0.4 is 15.4 Å². The fraction of sp³-hybridized carbons (Fsp3) is 0.150. The van der Waals surface area contributed by atoms with Gasteiger partial charge < -0.3 is 15.4 Å². The van der Waals surface area contributed by atoms with Crippen LogP contribution in [0.3, 0.4) is 0 Å². The molecular weight excluding hydrogens is 378 g/mol. The first-order chi connectivity index (χ1) is 13.6. The summed E-state index contributed by atoms with van der Waals surface area (Å²) in [5.74, 6) is 0.415. The Morgan fingerprint density at radius 2 is 2.07 bits per heavy atom. The van der Waals surface area contributed by atoms with Crippen molar-refractivity contribution < 1.29 is 9.53 Å². The second-order valence-corrected chi connectivity index (χ2v) is 6.81. The summed E-state index contributed by atoms with van der Waals surface area (Å²) < 4.78 is 6.84. The van der Waals surface area contributed by atoms with Crippen LogP contribution in [0.1, 0.15) is 11.6 Å². The molecule has 2 atom stereocenters. The summed E-state index contributed by atoms with van der Waals surface area (Å²) in [6, 6.07) is 14.1. The van der Waals surface area contributed by atoms with Gasteiger partial charge in [-0.05, 0) is 42.0 Å². The zero-order valence-electron chi connectivity index (χ0n) is 15.1. The number of carbonyl (C=O) groups is 1. The predicted octanol–water partition coefficient (Wildman–Crippen LogP) is 3.72. The average molecular weight is 396 g/mol. The first-order valence-corrected chi connectivity index (χ1v) is 9.00. The van der Waals surface area contributed by atoms with Crippen molar-refractivity contribution in [3.8, 4) is 5.75 Å². The smallest absolute Gasteiger partial charge is 0.235 e. The zero-order chi connectivity index (χ0) is 19.7. The van der Waals surface area contributed by atoms with E-state index in [1.165, 1.54) is 6.33 Å². The Kier molecular flexibility index (Phi) is 4.75. The molecule has 0 bridgehead atoms. The highest BCUT2D eigenvalue weighted by atomic mass is 35.5. The molecule has 4 rings (SSSR count). The lowest BCUT2D eigenvalue weighted by molar-refractivity contribution is -0.119. The minimum Gasteiger partial charge on any atom is -0.497 e. The van der Waals surface area contributed by atoms with E-state index in [2.05, 4.69) is 27.3 Å². The van der Waals surface area contributed by atoms with Crippen molar-refractivity contribution in [3.05, 3.63) is 77.7 Å². The van der Waals surface area contributed by atoms with Gasteiger partial charge in [0.15, 0.2) is 0 Å². The Balaban J connectivity index is 1.70. The fourth-order valence-electron chi connectivity index (χ4n) is 3.32. The van der Waals surface area contributed by atoms with Gasteiger partial charge in [-0.15, -0.1) is 0 Å². The maximum atomic E-state index is 13.2. The van der Waals surface area contributed by atoms with Crippen LogP contribution in [-0.2, 0) is 4.79 Å². The van der Waals surface area contributed by atoms with Gasteiger partial charge in [-0.1, -0.05) is 30.3 Å². The first-order valence-electron chi connectivity index (χ1n) is 8.62. The average Bonchev–Trinajstić information content (AvgIpc) is 3.15. The molecule has 1 aliphatic heterocycles. The predicted molar refractivity (Wildman–Crippen MR) is 107 cm³/mol. The fourth-order valence-corrected chi connectivity index (χ4v) is 3.52. The van der Waals surface area contributed by atoms with Crippen molar-refractivity contribution in [2.45, 2.75) is 6.04 Å². The first kappa shape index (κ1) is 18.1. The number of carbonyl (C=O) groups excluding carboxylic acids is 1. The maximum Gasteiger partial charge on any atom is 0.235 e. The molecule has 142 valence electrons. The van der Waals surface area contributed by atoms with Crippen LogP contribution in [0.25, 0.3) is 0 Å². The lowest BCUT2D eigenvalue weighted by Crippen LogP contribution is -2.39. The number of anilines is 2.